The molecule has 118 valence electrons. The minimum Gasteiger partial charge on any atom is -0.454 e. The van der Waals surface area contributed by atoms with E-state index in [1.54, 1.807) is 0 Å². The van der Waals surface area contributed by atoms with E-state index in [4.69, 9.17) is 9.47 Å². The SMILES string of the molecule is O=C(CC1CCc2ccccc21)NCc1ccc2c(c1)OCO2. The minimum atomic E-state index is 0.101. The third kappa shape index (κ3) is 2.89. The Morgan fingerprint density at radius 2 is 2.00 bits per heavy atom. The van der Waals surface area contributed by atoms with Crippen molar-refractivity contribution in [2.24, 2.45) is 0 Å². The molecule has 2 aromatic rings. The molecule has 1 N–H and O–H groups in total. The molecule has 2 aromatic carbocycles. The zero-order valence-corrected chi connectivity index (χ0v) is 12.9. The highest BCUT2D eigenvalue weighted by Gasteiger charge is 2.24. The van der Waals surface area contributed by atoms with Gasteiger partial charge in [-0.25, -0.2) is 0 Å². The molecule has 0 radical (unpaired) electrons. The molecule has 0 bridgehead atoms. The van der Waals surface area contributed by atoms with E-state index in [1.807, 2.05) is 18.2 Å². The van der Waals surface area contributed by atoms with Gasteiger partial charge in [-0.1, -0.05) is 30.3 Å². The van der Waals surface area contributed by atoms with Gasteiger partial charge in [-0.2, -0.15) is 0 Å². The van der Waals surface area contributed by atoms with Crippen LogP contribution in [0.3, 0.4) is 0 Å². The average molecular weight is 309 g/mol. The summed E-state index contributed by atoms with van der Waals surface area (Å²) >= 11 is 0. The van der Waals surface area contributed by atoms with Crippen LogP contribution in [0, 0.1) is 0 Å². The van der Waals surface area contributed by atoms with E-state index < -0.39 is 0 Å². The predicted octanol–water partition coefficient (Wildman–Crippen LogP) is 3.15. The van der Waals surface area contributed by atoms with Crippen molar-refractivity contribution in [3.63, 3.8) is 0 Å². The number of nitrogens with one attached hydrogen (secondary N) is 1. The fourth-order valence-corrected chi connectivity index (χ4v) is 3.40. The zero-order valence-electron chi connectivity index (χ0n) is 12.9. The molecular formula is C19H19NO3. The van der Waals surface area contributed by atoms with Crippen LogP contribution >= 0.6 is 0 Å². The Morgan fingerprint density at radius 3 is 2.96 bits per heavy atom. The summed E-state index contributed by atoms with van der Waals surface area (Å²) in [6.45, 7) is 0.788. The number of benzene rings is 2. The molecule has 4 nitrogen and oxygen atoms in total. The number of hydrogen-bond acceptors (Lipinski definition) is 3. The van der Waals surface area contributed by atoms with Crippen LogP contribution < -0.4 is 14.8 Å². The molecule has 4 rings (SSSR count). The van der Waals surface area contributed by atoms with E-state index in [0.717, 1.165) is 29.9 Å². The van der Waals surface area contributed by atoms with Crippen molar-refractivity contribution in [1.29, 1.82) is 0 Å². The van der Waals surface area contributed by atoms with Gasteiger partial charge in [0.1, 0.15) is 0 Å². The van der Waals surface area contributed by atoms with Gasteiger partial charge in [0.25, 0.3) is 0 Å². The molecule has 0 aromatic heterocycles. The molecular weight excluding hydrogens is 290 g/mol. The molecule has 0 saturated carbocycles. The Bertz CT molecular complexity index is 741. The van der Waals surface area contributed by atoms with E-state index in [9.17, 15) is 4.79 Å². The summed E-state index contributed by atoms with van der Waals surface area (Å²) in [7, 11) is 0. The summed E-state index contributed by atoms with van der Waals surface area (Å²) in [6, 6.07) is 14.2. The van der Waals surface area contributed by atoms with Gasteiger partial charge in [-0.15, -0.1) is 0 Å². The van der Waals surface area contributed by atoms with Gasteiger partial charge in [0.05, 0.1) is 0 Å². The third-order valence-electron chi connectivity index (χ3n) is 4.62. The second-order valence-electron chi connectivity index (χ2n) is 6.10. The first-order valence-electron chi connectivity index (χ1n) is 8.02. The number of amides is 1. The number of fused-ring (bicyclic) bond motifs is 2. The lowest BCUT2D eigenvalue weighted by Crippen LogP contribution is -2.24. The van der Waals surface area contributed by atoms with Crippen LogP contribution in [0.1, 0.15) is 35.4 Å². The Labute approximate surface area is 135 Å². The fraction of sp³-hybridized carbons (Fsp3) is 0.316. The van der Waals surface area contributed by atoms with Crippen molar-refractivity contribution in [1.82, 2.24) is 5.32 Å². The lowest BCUT2D eigenvalue weighted by atomic mass is 9.97. The highest BCUT2D eigenvalue weighted by Crippen LogP contribution is 2.35. The molecule has 1 heterocycles. The quantitative estimate of drug-likeness (QED) is 0.944. The maximum absolute atomic E-state index is 12.2. The van der Waals surface area contributed by atoms with Gasteiger partial charge in [0, 0.05) is 13.0 Å². The number of aryl methyl sites for hydroxylation is 1. The van der Waals surface area contributed by atoms with E-state index in [1.165, 1.54) is 11.1 Å². The number of carbonyl (C=O) groups excluding carboxylic acids is 1. The van der Waals surface area contributed by atoms with Crippen LogP contribution in [-0.2, 0) is 17.8 Å². The van der Waals surface area contributed by atoms with Gasteiger partial charge in [0.15, 0.2) is 11.5 Å². The number of ether oxygens (including phenoxy) is 2. The Morgan fingerprint density at radius 1 is 1.13 bits per heavy atom. The first-order valence-corrected chi connectivity index (χ1v) is 8.02. The molecule has 1 atom stereocenters. The van der Waals surface area contributed by atoms with Crippen molar-refractivity contribution in [3.8, 4) is 11.5 Å². The van der Waals surface area contributed by atoms with E-state index in [0.29, 0.717) is 18.9 Å². The summed E-state index contributed by atoms with van der Waals surface area (Å²) in [5, 5.41) is 3.01. The highest BCUT2D eigenvalue weighted by molar-refractivity contribution is 5.77. The van der Waals surface area contributed by atoms with Gasteiger partial charge >= 0.3 is 0 Å². The van der Waals surface area contributed by atoms with Crippen LogP contribution in [0.5, 0.6) is 11.5 Å². The summed E-state index contributed by atoms with van der Waals surface area (Å²) in [6.07, 6.45) is 2.70. The topological polar surface area (TPSA) is 47.6 Å². The molecule has 0 saturated heterocycles. The van der Waals surface area contributed by atoms with Gasteiger partial charge in [0.2, 0.25) is 12.7 Å². The first kappa shape index (κ1) is 14.1. The number of rotatable bonds is 4. The summed E-state index contributed by atoms with van der Waals surface area (Å²) in [5.41, 5.74) is 3.75. The average Bonchev–Trinajstić information content (AvgIpc) is 3.20. The largest absolute Gasteiger partial charge is 0.454 e. The van der Waals surface area contributed by atoms with Crippen molar-refractivity contribution < 1.29 is 14.3 Å². The summed E-state index contributed by atoms with van der Waals surface area (Å²) < 4.78 is 10.6. The van der Waals surface area contributed by atoms with Crippen molar-refractivity contribution in [2.45, 2.75) is 31.7 Å². The molecule has 2 aliphatic rings. The molecule has 1 aliphatic carbocycles. The van der Waals surface area contributed by atoms with Crippen LogP contribution in [0.4, 0.5) is 0 Å². The van der Waals surface area contributed by atoms with Gasteiger partial charge in [-0.3, -0.25) is 4.79 Å². The Hall–Kier alpha value is -2.49. The zero-order chi connectivity index (χ0) is 15.6. The van der Waals surface area contributed by atoms with Crippen molar-refractivity contribution in [2.75, 3.05) is 6.79 Å². The van der Waals surface area contributed by atoms with Crippen LogP contribution in [0.25, 0.3) is 0 Å². The lowest BCUT2D eigenvalue weighted by Gasteiger charge is -2.12. The highest BCUT2D eigenvalue weighted by atomic mass is 16.7. The first-order chi connectivity index (χ1) is 11.3. The number of hydrogen-bond donors (Lipinski definition) is 1. The van der Waals surface area contributed by atoms with E-state index in [2.05, 4.69) is 29.6 Å². The normalized spacial score (nSPS) is 17.8. The Kier molecular flexibility index (Phi) is 3.66. The molecule has 1 amide bonds. The smallest absolute Gasteiger partial charge is 0.231 e. The molecule has 1 unspecified atom stereocenters. The molecule has 1 aliphatic heterocycles. The second kappa shape index (κ2) is 5.95. The van der Waals surface area contributed by atoms with Crippen LogP contribution in [0.2, 0.25) is 0 Å². The van der Waals surface area contributed by atoms with Crippen molar-refractivity contribution >= 4 is 5.91 Å². The molecule has 0 fully saturated rings. The van der Waals surface area contributed by atoms with E-state index in [-0.39, 0.29) is 12.7 Å². The van der Waals surface area contributed by atoms with E-state index >= 15 is 0 Å². The maximum atomic E-state index is 12.2. The lowest BCUT2D eigenvalue weighted by molar-refractivity contribution is -0.121. The standard InChI is InChI=1S/C19H19NO3/c21-19(10-15-7-6-14-3-1-2-4-16(14)15)20-11-13-5-8-17-18(9-13)23-12-22-17/h1-5,8-9,15H,6-7,10-12H2,(H,20,21). The fourth-order valence-electron chi connectivity index (χ4n) is 3.40. The predicted molar refractivity (Wildman–Crippen MR) is 86.5 cm³/mol. The van der Waals surface area contributed by atoms with Crippen LogP contribution in [-0.4, -0.2) is 12.7 Å². The van der Waals surface area contributed by atoms with Gasteiger partial charge in [-0.05, 0) is 47.6 Å². The Balaban J connectivity index is 1.34. The second-order valence-corrected chi connectivity index (χ2v) is 6.10. The number of carbonyl (C=O) groups is 1. The van der Waals surface area contributed by atoms with Crippen molar-refractivity contribution in [3.05, 3.63) is 59.2 Å². The molecule has 0 spiro atoms. The maximum Gasteiger partial charge on any atom is 0.231 e. The third-order valence-corrected chi connectivity index (χ3v) is 4.62. The summed E-state index contributed by atoms with van der Waals surface area (Å²) in [5.74, 6) is 1.97. The van der Waals surface area contributed by atoms with Gasteiger partial charge < -0.3 is 14.8 Å². The summed E-state index contributed by atoms with van der Waals surface area (Å²) in [4.78, 5) is 12.2. The van der Waals surface area contributed by atoms with Crippen LogP contribution in [0.15, 0.2) is 42.5 Å². The minimum absolute atomic E-state index is 0.101. The monoisotopic (exact) mass is 309 g/mol. The molecule has 4 heteroatoms. The molecule has 23 heavy (non-hydrogen) atoms.